The van der Waals surface area contributed by atoms with Gasteiger partial charge in [0.15, 0.2) is 0 Å². The van der Waals surface area contributed by atoms with Gasteiger partial charge in [0.1, 0.15) is 0 Å². The Kier molecular flexibility index (Phi) is 5.94. The van der Waals surface area contributed by atoms with Crippen LogP contribution in [0.5, 0.6) is 0 Å². The molecule has 0 atom stereocenters. The van der Waals surface area contributed by atoms with Gasteiger partial charge in [-0.15, -0.1) is 0 Å². The first kappa shape index (κ1) is 16.2. The average molecular weight is 293 g/mol. The van der Waals surface area contributed by atoms with E-state index in [4.69, 9.17) is 4.74 Å². The zero-order valence-electron chi connectivity index (χ0n) is 13.4. The fourth-order valence-electron chi connectivity index (χ4n) is 2.74. The molecule has 1 aliphatic rings. The molecule has 5 nitrogen and oxygen atoms in total. The third-order valence-corrected chi connectivity index (χ3v) is 4.10. The van der Waals surface area contributed by atoms with Gasteiger partial charge in [-0.1, -0.05) is 26.7 Å². The lowest BCUT2D eigenvalue weighted by molar-refractivity contribution is 0.181. The molecule has 0 bridgehead atoms. The molecule has 1 heterocycles. The van der Waals surface area contributed by atoms with Crippen LogP contribution in [0.1, 0.15) is 56.7 Å². The summed E-state index contributed by atoms with van der Waals surface area (Å²) in [5, 5.41) is 7.96. The Bertz CT molecular complexity index is 505. The van der Waals surface area contributed by atoms with Gasteiger partial charge in [-0.25, -0.2) is 4.68 Å². The van der Waals surface area contributed by atoms with E-state index in [-0.39, 0.29) is 5.56 Å². The van der Waals surface area contributed by atoms with Crippen molar-refractivity contribution in [2.45, 2.75) is 64.6 Å². The zero-order valence-corrected chi connectivity index (χ0v) is 13.4. The van der Waals surface area contributed by atoms with Gasteiger partial charge < -0.3 is 10.1 Å². The highest BCUT2D eigenvalue weighted by molar-refractivity contribution is 5.16. The molecular weight excluding hydrogens is 266 g/mol. The monoisotopic (exact) mass is 293 g/mol. The van der Waals surface area contributed by atoms with E-state index >= 15 is 0 Å². The van der Waals surface area contributed by atoms with Crippen molar-refractivity contribution < 1.29 is 4.74 Å². The molecule has 1 saturated carbocycles. The lowest BCUT2D eigenvalue weighted by Crippen LogP contribution is -2.33. The summed E-state index contributed by atoms with van der Waals surface area (Å²) in [4.78, 5) is 12.5. The molecule has 0 unspecified atom stereocenters. The Morgan fingerprint density at radius 3 is 2.76 bits per heavy atom. The molecular formula is C16H27N3O2. The highest BCUT2D eigenvalue weighted by Gasteiger charge is 2.16. The van der Waals surface area contributed by atoms with Crippen molar-refractivity contribution in [1.82, 2.24) is 15.1 Å². The third-order valence-electron chi connectivity index (χ3n) is 4.10. The molecule has 0 amide bonds. The maximum Gasteiger partial charge on any atom is 0.271 e. The molecule has 118 valence electrons. The normalized spacial score (nSPS) is 16.0. The summed E-state index contributed by atoms with van der Waals surface area (Å²) in [7, 11) is 1.64. The summed E-state index contributed by atoms with van der Waals surface area (Å²) >= 11 is 0. The van der Waals surface area contributed by atoms with E-state index in [1.54, 1.807) is 11.8 Å². The van der Waals surface area contributed by atoms with E-state index in [2.05, 4.69) is 24.3 Å². The number of nitrogens with one attached hydrogen (secondary N) is 1. The van der Waals surface area contributed by atoms with Crippen LogP contribution >= 0.6 is 0 Å². The number of nitrogens with zero attached hydrogens (tertiary/aromatic N) is 2. The summed E-state index contributed by atoms with van der Waals surface area (Å²) in [5.74, 6) is 0.310. The Hall–Kier alpha value is -1.20. The predicted octanol–water partition coefficient (Wildman–Crippen LogP) is 2.05. The maximum absolute atomic E-state index is 12.5. The molecule has 0 aliphatic heterocycles. The molecule has 5 heteroatoms. The van der Waals surface area contributed by atoms with Crippen LogP contribution in [0.3, 0.4) is 0 Å². The molecule has 0 saturated heterocycles. The van der Waals surface area contributed by atoms with Gasteiger partial charge in [-0.05, 0) is 24.8 Å². The zero-order chi connectivity index (χ0) is 15.2. The number of ether oxygens (including phenoxy) is 1. The first-order valence-corrected chi connectivity index (χ1v) is 7.95. The summed E-state index contributed by atoms with van der Waals surface area (Å²) < 4.78 is 6.61. The standard InChI is InChI=1S/C16H27N3O2/c1-12(2)15-10-13(11-17-14-6-4-5-7-14)16(20)19(18-15)8-9-21-3/h10,12,14,17H,4-9,11H2,1-3H3. The molecule has 0 aromatic carbocycles. The molecule has 1 aromatic heterocycles. The molecule has 1 aromatic rings. The third kappa shape index (κ3) is 4.38. The first-order valence-electron chi connectivity index (χ1n) is 7.95. The molecule has 2 rings (SSSR count). The quantitative estimate of drug-likeness (QED) is 0.836. The van der Waals surface area contributed by atoms with Gasteiger partial charge in [0.05, 0.1) is 18.8 Å². The van der Waals surface area contributed by atoms with Crippen LogP contribution in [0.15, 0.2) is 10.9 Å². The highest BCUT2D eigenvalue weighted by atomic mass is 16.5. The van der Waals surface area contributed by atoms with Crippen molar-refractivity contribution in [3.63, 3.8) is 0 Å². The van der Waals surface area contributed by atoms with Gasteiger partial charge in [0.2, 0.25) is 0 Å². The number of aromatic nitrogens is 2. The van der Waals surface area contributed by atoms with Crippen molar-refractivity contribution in [2.24, 2.45) is 0 Å². The van der Waals surface area contributed by atoms with Crippen LogP contribution in [0, 0.1) is 0 Å². The van der Waals surface area contributed by atoms with Gasteiger partial charge in [-0.3, -0.25) is 4.79 Å². The summed E-state index contributed by atoms with van der Waals surface area (Å²) in [6.07, 6.45) is 5.03. The predicted molar refractivity (Wildman–Crippen MR) is 83.6 cm³/mol. The van der Waals surface area contributed by atoms with Crippen LogP contribution in [0.25, 0.3) is 0 Å². The largest absolute Gasteiger partial charge is 0.383 e. The average Bonchev–Trinajstić information content (AvgIpc) is 2.98. The van der Waals surface area contributed by atoms with Crippen LogP contribution in [0.4, 0.5) is 0 Å². The Balaban J connectivity index is 2.16. The second kappa shape index (κ2) is 7.71. The van der Waals surface area contributed by atoms with Crippen LogP contribution < -0.4 is 10.9 Å². The van der Waals surface area contributed by atoms with E-state index in [1.165, 1.54) is 25.7 Å². The van der Waals surface area contributed by atoms with E-state index < -0.39 is 0 Å². The van der Waals surface area contributed by atoms with Crippen molar-refractivity contribution in [3.05, 3.63) is 27.7 Å². The lowest BCUT2D eigenvalue weighted by atomic mass is 10.1. The van der Waals surface area contributed by atoms with Crippen molar-refractivity contribution >= 4 is 0 Å². The smallest absolute Gasteiger partial charge is 0.271 e. The Labute approximate surface area is 126 Å². The number of hydrogen-bond acceptors (Lipinski definition) is 4. The maximum atomic E-state index is 12.5. The van der Waals surface area contributed by atoms with Gasteiger partial charge >= 0.3 is 0 Å². The van der Waals surface area contributed by atoms with Gasteiger partial charge in [0.25, 0.3) is 5.56 Å². The summed E-state index contributed by atoms with van der Waals surface area (Å²) in [6, 6.07) is 2.52. The van der Waals surface area contributed by atoms with E-state index in [1.807, 2.05) is 6.07 Å². The Morgan fingerprint density at radius 1 is 1.43 bits per heavy atom. The minimum absolute atomic E-state index is 0.00180. The van der Waals surface area contributed by atoms with Crippen LogP contribution in [-0.4, -0.2) is 29.5 Å². The van der Waals surface area contributed by atoms with E-state index in [0.717, 1.165) is 11.3 Å². The molecule has 0 radical (unpaired) electrons. The van der Waals surface area contributed by atoms with Crippen LogP contribution in [-0.2, 0) is 17.8 Å². The molecule has 21 heavy (non-hydrogen) atoms. The second-order valence-electron chi connectivity index (χ2n) is 6.13. The minimum atomic E-state index is 0.00180. The number of hydrogen-bond donors (Lipinski definition) is 1. The second-order valence-corrected chi connectivity index (χ2v) is 6.13. The molecule has 1 N–H and O–H groups in total. The first-order chi connectivity index (χ1) is 10.1. The minimum Gasteiger partial charge on any atom is -0.383 e. The summed E-state index contributed by atoms with van der Waals surface area (Å²) in [5.41, 5.74) is 1.78. The van der Waals surface area contributed by atoms with E-state index in [9.17, 15) is 4.79 Å². The van der Waals surface area contributed by atoms with Crippen molar-refractivity contribution in [2.75, 3.05) is 13.7 Å². The number of rotatable bonds is 7. The van der Waals surface area contributed by atoms with Crippen LogP contribution in [0.2, 0.25) is 0 Å². The Morgan fingerprint density at radius 2 is 2.14 bits per heavy atom. The lowest BCUT2D eigenvalue weighted by Gasteiger charge is -2.15. The SMILES string of the molecule is COCCn1nc(C(C)C)cc(CNC2CCCC2)c1=O. The fraction of sp³-hybridized carbons (Fsp3) is 0.750. The topological polar surface area (TPSA) is 56.1 Å². The van der Waals surface area contributed by atoms with Gasteiger partial charge in [-0.2, -0.15) is 5.10 Å². The van der Waals surface area contributed by atoms with Crippen molar-refractivity contribution in [1.29, 1.82) is 0 Å². The fourth-order valence-corrected chi connectivity index (χ4v) is 2.74. The molecule has 1 aliphatic carbocycles. The number of methoxy groups -OCH3 is 1. The van der Waals surface area contributed by atoms with E-state index in [0.29, 0.717) is 31.7 Å². The molecule has 0 spiro atoms. The summed E-state index contributed by atoms with van der Waals surface area (Å²) in [6.45, 7) is 5.85. The van der Waals surface area contributed by atoms with Crippen molar-refractivity contribution in [3.8, 4) is 0 Å². The highest BCUT2D eigenvalue weighted by Crippen LogP contribution is 2.18. The van der Waals surface area contributed by atoms with Gasteiger partial charge in [0, 0.05) is 25.3 Å². The molecule has 1 fully saturated rings.